The summed E-state index contributed by atoms with van der Waals surface area (Å²) in [7, 11) is 0. The lowest BCUT2D eigenvalue weighted by molar-refractivity contribution is -0.120. The molecular formula is C16H25N3O. The van der Waals surface area contributed by atoms with Gasteiger partial charge in [-0.3, -0.25) is 9.69 Å². The number of likely N-dealkylation sites (tertiary alicyclic amines) is 1. The molecule has 2 N–H and O–H groups in total. The first-order chi connectivity index (χ1) is 9.63. The lowest BCUT2D eigenvalue weighted by Gasteiger charge is -2.17. The predicted octanol–water partition coefficient (Wildman–Crippen LogP) is 1.38. The van der Waals surface area contributed by atoms with E-state index in [2.05, 4.69) is 39.8 Å². The number of benzene rings is 1. The fourth-order valence-corrected chi connectivity index (χ4v) is 2.51. The van der Waals surface area contributed by atoms with Gasteiger partial charge in [-0.2, -0.15) is 0 Å². The Balaban J connectivity index is 1.71. The molecule has 2 rings (SSSR count). The van der Waals surface area contributed by atoms with Gasteiger partial charge in [0.05, 0.1) is 6.54 Å². The molecule has 0 radical (unpaired) electrons. The molecule has 1 aliphatic heterocycles. The Bertz CT molecular complexity index is 419. The Kier molecular flexibility index (Phi) is 5.56. The molecule has 0 saturated carbocycles. The van der Waals surface area contributed by atoms with Crippen LogP contribution in [0.4, 0.5) is 0 Å². The van der Waals surface area contributed by atoms with Gasteiger partial charge >= 0.3 is 0 Å². The molecule has 110 valence electrons. The molecule has 1 aromatic carbocycles. The van der Waals surface area contributed by atoms with E-state index in [0.29, 0.717) is 18.6 Å². The lowest BCUT2D eigenvalue weighted by atomic mass is 10.2. The van der Waals surface area contributed by atoms with Crippen molar-refractivity contribution >= 4 is 5.91 Å². The molecule has 0 spiro atoms. The average Bonchev–Trinajstić information content (AvgIpc) is 2.85. The SMILES string of the molecule is CC(C)NCC(=O)NC1CCN(Cc2ccccc2)C1. The number of carbonyl (C=O) groups is 1. The van der Waals surface area contributed by atoms with Crippen LogP contribution in [-0.4, -0.2) is 42.5 Å². The van der Waals surface area contributed by atoms with Crippen molar-refractivity contribution in [2.24, 2.45) is 0 Å². The highest BCUT2D eigenvalue weighted by Gasteiger charge is 2.23. The summed E-state index contributed by atoms with van der Waals surface area (Å²) in [5, 5.41) is 6.25. The van der Waals surface area contributed by atoms with Crippen LogP contribution in [0.3, 0.4) is 0 Å². The highest BCUT2D eigenvalue weighted by molar-refractivity contribution is 5.78. The highest BCUT2D eigenvalue weighted by atomic mass is 16.2. The number of amides is 1. The zero-order valence-corrected chi connectivity index (χ0v) is 12.4. The Hall–Kier alpha value is -1.39. The van der Waals surface area contributed by atoms with E-state index in [0.717, 1.165) is 26.1 Å². The van der Waals surface area contributed by atoms with Gasteiger partial charge in [0.1, 0.15) is 0 Å². The summed E-state index contributed by atoms with van der Waals surface area (Å²) in [6, 6.07) is 11.1. The van der Waals surface area contributed by atoms with Crippen LogP contribution in [0.2, 0.25) is 0 Å². The molecule has 0 aromatic heterocycles. The topological polar surface area (TPSA) is 44.4 Å². The monoisotopic (exact) mass is 275 g/mol. The standard InChI is InChI=1S/C16H25N3O/c1-13(2)17-10-16(20)18-15-8-9-19(12-15)11-14-6-4-3-5-7-14/h3-7,13,15,17H,8-12H2,1-2H3,(H,18,20). The van der Waals surface area contributed by atoms with E-state index in [1.54, 1.807) is 0 Å². The summed E-state index contributed by atoms with van der Waals surface area (Å²) in [6.07, 6.45) is 1.04. The van der Waals surface area contributed by atoms with Gasteiger partial charge in [-0.1, -0.05) is 44.2 Å². The molecule has 20 heavy (non-hydrogen) atoms. The normalized spacial score (nSPS) is 19.4. The molecule has 0 aliphatic carbocycles. The van der Waals surface area contributed by atoms with Crippen LogP contribution in [0.1, 0.15) is 25.8 Å². The Morgan fingerprint density at radius 3 is 2.80 bits per heavy atom. The second kappa shape index (κ2) is 7.41. The van der Waals surface area contributed by atoms with E-state index < -0.39 is 0 Å². The molecule has 0 bridgehead atoms. The van der Waals surface area contributed by atoms with E-state index in [-0.39, 0.29) is 5.91 Å². The largest absolute Gasteiger partial charge is 0.351 e. The molecule has 1 heterocycles. The third kappa shape index (κ3) is 4.94. The van der Waals surface area contributed by atoms with Crippen LogP contribution in [0.25, 0.3) is 0 Å². The van der Waals surface area contributed by atoms with Crippen LogP contribution in [-0.2, 0) is 11.3 Å². The van der Waals surface area contributed by atoms with Crippen LogP contribution in [0.5, 0.6) is 0 Å². The van der Waals surface area contributed by atoms with Gasteiger partial charge in [0.2, 0.25) is 5.91 Å². The van der Waals surface area contributed by atoms with Gasteiger partial charge in [-0.05, 0) is 12.0 Å². The van der Waals surface area contributed by atoms with Crippen molar-refractivity contribution in [1.29, 1.82) is 0 Å². The maximum Gasteiger partial charge on any atom is 0.234 e. The zero-order valence-electron chi connectivity index (χ0n) is 12.4. The molecule has 4 heteroatoms. The van der Waals surface area contributed by atoms with Crippen molar-refractivity contribution in [3.63, 3.8) is 0 Å². The van der Waals surface area contributed by atoms with E-state index in [4.69, 9.17) is 0 Å². The van der Waals surface area contributed by atoms with Gasteiger partial charge in [-0.15, -0.1) is 0 Å². The van der Waals surface area contributed by atoms with E-state index >= 15 is 0 Å². The third-order valence-corrected chi connectivity index (χ3v) is 3.56. The highest BCUT2D eigenvalue weighted by Crippen LogP contribution is 2.13. The van der Waals surface area contributed by atoms with Crippen LogP contribution < -0.4 is 10.6 Å². The predicted molar refractivity (Wildman–Crippen MR) is 81.4 cm³/mol. The molecule has 1 saturated heterocycles. The van der Waals surface area contributed by atoms with Crippen LogP contribution in [0, 0.1) is 0 Å². The van der Waals surface area contributed by atoms with Crippen molar-refractivity contribution in [3.8, 4) is 0 Å². The van der Waals surface area contributed by atoms with Crippen molar-refractivity contribution in [3.05, 3.63) is 35.9 Å². The smallest absolute Gasteiger partial charge is 0.234 e. The van der Waals surface area contributed by atoms with Crippen molar-refractivity contribution < 1.29 is 4.79 Å². The number of carbonyl (C=O) groups excluding carboxylic acids is 1. The number of nitrogens with zero attached hydrogens (tertiary/aromatic N) is 1. The van der Waals surface area contributed by atoms with Crippen molar-refractivity contribution in [2.75, 3.05) is 19.6 Å². The summed E-state index contributed by atoms with van der Waals surface area (Å²) in [5.74, 6) is 0.102. The molecular weight excluding hydrogens is 250 g/mol. The molecule has 1 aliphatic rings. The molecule has 1 unspecified atom stereocenters. The second-order valence-electron chi connectivity index (χ2n) is 5.81. The summed E-state index contributed by atoms with van der Waals surface area (Å²) in [4.78, 5) is 14.2. The maximum atomic E-state index is 11.8. The quantitative estimate of drug-likeness (QED) is 0.824. The molecule has 1 atom stereocenters. The van der Waals surface area contributed by atoms with Crippen LogP contribution in [0.15, 0.2) is 30.3 Å². The zero-order chi connectivity index (χ0) is 14.4. The van der Waals surface area contributed by atoms with Crippen LogP contribution >= 0.6 is 0 Å². The average molecular weight is 275 g/mol. The minimum absolute atomic E-state index is 0.102. The lowest BCUT2D eigenvalue weighted by Crippen LogP contribution is -2.43. The van der Waals surface area contributed by atoms with Gasteiger partial charge in [-0.25, -0.2) is 0 Å². The first-order valence-corrected chi connectivity index (χ1v) is 7.42. The van der Waals surface area contributed by atoms with Gasteiger partial charge in [0.15, 0.2) is 0 Å². The first kappa shape index (κ1) is 15.0. The Morgan fingerprint density at radius 2 is 2.10 bits per heavy atom. The number of hydrogen-bond donors (Lipinski definition) is 2. The summed E-state index contributed by atoms with van der Waals surface area (Å²) in [5.41, 5.74) is 1.33. The third-order valence-electron chi connectivity index (χ3n) is 3.56. The summed E-state index contributed by atoms with van der Waals surface area (Å²) in [6.45, 7) is 7.47. The first-order valence-electron chi connectivity index (χ1n) is 7.42. The maximum absolute atomic E-state index is 11.8. The number of rotatable bonds is 6. The summed E-state index contributed by atoms with van der Waals surface area (Å²) >= 11 is 0. The summed E-state index contributed by atoms with van der Waals surface area (Å²) < 4.78 is 0. The fourth-order valence-electron chi connectivity index (χ4n) is 2.51. The Morgan fingerprint density at radius 1 is 1.35 bits per heavy atom. The number of hydrogen-bond acceptors (Lipinski definition) is 3. The second-order valence-corrected chi connectivity index (χ2v) is 5.81. The van der Waals surface area contributed by atoms with Crippen molar-refractivity contribution in [1.82, 2.24) is 15.5 Å². The molecule has 4 nitrogen and oxygen atoms in total. The molecule has 1 fully saturated rings. The minimum atomic E-state index is 0.102. The van der Waals surface area contributed by atoms with E-state index in [9.17, 15) is 4.79 Å². The molecule has 1 aromatic rings. The fraction of sp³-hybridized carbons (Fsp3) is 0.562. The van der Waals surface area contributed by atoms with Gasteiger partial charge in [0, 0.05) is 31.7 Å². The van der Waals surface area contributed by atoms with Crippen molar-refractivity contribution in [2.45, 2.75) is 38.9 Å². The Labute approximate surface area is 121 Å². The van der Waals surface area contributed by atoms with Gasteiger partial charge in [0.25, 0.3) is 0 Å². The van der Waals surface area contributed by atoms with Gasteiger partial charge < -0.3 is 10.6 Å². The minimum Gasteiger partial charge on any atom is -0.351 e. The molecule has 1 amide bonds. The number of nitrogens with one attached hydrogen (secondary N) is 2. The van der Waals surface area contributed by atoms with E-state index in [1.165, 1.54) is 5.56 Å². The van der Waals surface area contributed by atoms with E-state index in [1.807, 2.05) is 19.9 Å².